The largest absolute Gasteiger partial charge is 0.315 e. The van der Waals surface area contributed by atoms with Gasteiger partial charge in [-0.15, -0.1) is 0 Å². The Morgan fingerprint density at radius 2 is 2.36 bits per heavy atom. The third kappa shape index (κ3) is 2.19. The van der Waals surface area contributed by atoms with Gasteiger partial charge in [0.05, 0.1) is 0 Å². The molecule has 74 valence electrons. The molecule has 1 N–H and O–H groups in total. The highest BCUT2D eigenvalue weighted by molar-refractivity contribution is 9.10. The number of nitrogens with one attached hydrogen (secondary N) is 1. The molecule has 4 heteroatoms. The maximum atomic E-state index is 11.6. The summed E-state index contributed by atoms with van der Waals surface area (Å²) >= 11 is 3.33. The first kappa shape index (κ1) is 9.80. The molecule has 0 aromatic carbocycles. The SMILES string of the molecule is O=C(Cc1cncc(Br)c1)C1CNC1. The Hall–Kier alpha value is -0.740. The zero-order chi connectivity index (χ0) is 9.97. The Morgan fingerprint density at radius 1 is 1.57 bits per heavy atom. The average molecular weight is 255 g/mol. The van der Waals surface area contributed by atoms with Gasteiger partial charge >= 0.3 is 0 Å². The minimum Gasteiger partial charge on any atom is -0.315 e. The summed E-state index contributed by atoms with van der Waals surface area (Å²) < 4.78 is 0.925. The highest BCUT2D eigenvalue weighted by atomic mass is 79.9. The quantitative estimate of drug-likeness (QED) is 0.881. The molecule has 0 saturated carbocycles. The summed E-state index contributed by atoms with van der Waals surface area (Å²) in [4.78, 5) is 15.6. The Labute approximate surface area is 91.0 Å². The lowest BCUT2D eigenvalue weighted by Crippen LogP contribution is -2.47. The van der Waals surface area contributed by atoms with Crippen molar-refractivity contribution in [1.29, 1.82) is 0 Å². The van der Waals surface area contributed by atoms with E-state index in [1.165, 1.54) is 0 Å². The van der Waals surface area contributed by atoms with E-state index in [2.05, 4.69) is 26.2 Å². The number of halogens is 1. The number of hydrogen-bond donors (Lipinski definition) is 1. The fraction of sp³-hybridized carbons (Fsp3) is 0.400. The number of aromatic nitrogens is 1. The van der Waals surface area contributed by atoms with Gasteiger partial charge in [0.15, 0.2) is 0 Å². The maximum absolute atomic E-state index is 11.6. The molecule has 14 heavy (non-hydrogen) atoms. The molecule has 2 heterocycles. The van der Waals surface area contributed by atoms with Crippen molar-refractivity contribution in [2.24, 2.45) is 5.92 Å². The molecule has 0 amide bonds. The smallest absolute Gasteiger partial charge is 0.142 e. The topological polar surface area (TPSA) is 42.0 Å². The first-order chi connectivity index (χ1) is 6.75. The first-order valence-electron chi connectivity index (χ1n) is 4.58. The number of pyridine rings is 1. The van der Waals surface area contributed by atoms with Crippen molar-refractivity contribution in [3.8, 4) is 0 Å². The molecule has 1 aliphatic rings. The Bertz CT molecular complexity index is 350. The van der Waals surface area contributed by atoms with Crippen LogP contribution in [0.4, 0.5) is 0 Å². The molecule has 0 atom stereocenters. The number of nitrogens with zero attached hydrogens (tertiary/aromatic N) is 1. The molecular formula is C10H11BrN2O. The van der Waals surface area contributed by atoms with Crippen molar-refractivity contribution in [1.82, 2.24) is 10.3 Å². The van der Waals surface area contributed by atoms with Gasteiger partial charge in [0.25, 0.3) is 0 Å². The lowest BCUT2D eigenvalue weighted by Gasteiger charge is -2.25. The predicted molar refractivity (Wildman–Crippen MR) is 57.0 cm³/mol. The van der Waals surface area contributed by atoms with E-state index < -0.39 is 0 Å². The third-order valence-corrected chi connectivity index (χ3v) is 2.81. The van der Waals surface area contributed by atoms with Crippen LogP contribution in [0, 0.1) is 5.92 Å². The molecule has 1 aromatic rings. The van der Waals surface area contributed by atoms with Crippen LogP contribution < -0.4 is 5.32 Å². The molecule has 1 aromatic heterocycles. The lowest BCUT2D eigenvalue weighted by atomic mass is 9.94. The Morgan fingerprint density at radius 3 is 2.93 bits per heavy atom. The van der Waals surface area contributed by atoms with Gasteiger partial charge in [0.1, 0.15) is 5.78 Å². The second-order valence-electron chi connectivity index (χ2n) is 3.51. The van der Waals surface area contributed by atoms with Crippen LogP contribution in [0.15, 0.2) is 22.9 Å². The third-order valence-electron chi connectivity index (χ3n) is 2.38. The molecule has 1 fully saturated rings. The number of Topliss-reactive ketones (excluding diaryl/α,β-unsaturated/α-hetero) is 1. The summed E-state index contributed by atoms with van der Waals surface area (Å²) in [6, 6.07) is 1.94. The number of ketones is 1. The van der Waals surface area contributed by atoms with E-state index in [-0.39, 0.29) is 5.92 Å². The van der Waals surface area contributed by atoms with Gasteiger partial charge in [-0.05, 0) is 27.6 Å². The number of hydrogen-bond acceptors (Lipinski definition) is 3. The number of carbonyl (C=O) groups excluding carboxylic acids is 1. The van der Waals surface area contributed by atoms with Gasteiger partial charge in [-0.1, -0.05) is 0 Å². The lowest BCUT2D eigenvalue weighted by molar-refractivity contribution is -0.123. The molecule has 3 nitrogen and oxygen atoms in total. The van der Waals surface area contributed by atoms with Crippen LogP contribution in [-0.2, 0) is 11.2 Å². The van der Waals surface area contributed by atoms with E-state index in [0.717, 1.165) is 23.1 Å². The van der Waals surface area contributed by atoms with Gasteiger partial charge in [0.2, 0.25) is 0 Å². The summed E-state index contributed by atoms with van der Waals surface area (Å²) in [7, 11) is 0. The summed E-state index contributed by atoms with van der Waals surface area (Å²) in [5, 5.41) is 3.09. The number of rotatable bonds is 3. The monoisotopic (exact) mass is 254 g/mol. The van der Waals surface area contributed by atoms with Crippen molar-refractivity contribution in [2.75, 3.05) is 13.1 Å². The molecule has 1 saturated heterocycles. The van der Waals surface area contributed by atoms with Gasteiger partial charge in [0, 0.05) is 42.3 Å². The molecule has 1 aliphatic heterocycles. The highest BCUT2D eigenvalue weighted by Crippen LogP contribution is 2.13. The van der Waals surface area contributed by atoms with E-state index in [4.69, 9.17) is 0 Å². The zero-order valence-corrected chi connectivity index (χ0v) is 9.25. The molecule has 0 aliphatic carbocycles. The fourth-order valence-corrected chi connectivity index (χ4v) is 1.83. The van der Waals surface area contributed by atoms with E-state index in [9.17, 15) is 4.79 Å². The van der Waals surface area contributed by atoms with E-state index in [1.807, 2.05) is 6.07 Å². The second kappa shape index (κ2) is 4.19. The van der Waals surface area contributed by atoms with Crippen LogP contribution in [0.3, 0.4) is 0 Å². The van der Waals surface area contributed by atoms with Gasteiger partial charge in [-0.25, -0.2) is 0 Å². The van der Waals surface area contributed by atoms with E-state index in [0.29, 0.717) is 12.2 Å². The summed E-state index contributed by atoms with van der Waals surface area (Å²) in [6.07, 6.45) is 3.96. The standard InChI is InChI=1S/C10H11BrN2O/c11-9-1-7(3-12-6-9)2-10(14)8-4-13-5-8/h1,3,6,8,13H,2,4-5H2. The molecule has 0 spiro atoms. The summed E-state index contributed by atoms with van der Waals surface area (Å²) in [5.41, 5.74) is 0.983. The minimum absolute atomic E-state index is 0.217. The van der Waals surface area contributed by atoms with Crippen LogP contribution in [0.5, 0.6) is 0 Å². The van der Waals surface area contributed by atoms with Crippen molar-refractivity contribution < 1.29 is 4.79 Å². The fourth-order valence-electron chi connectivity index (χ4n) is 1.41. The second-order valence-corrected chi connectivity index (χ2v) is 4.43. The van der Waals surface area contributed by atoms with Crippen LogP contribution in [0.2, 0.25) is 0 Å². The number of carbonyl (C=O) groups is 1. The molecule has 0 unspecified atom stereocenters. The average Bonchev–Trinajstić information content (AvgIpc) is 1.99. The van der Waals surface area contributed by atoms with E-state index in [1.54, 1.807) is 12.4 Å². The van der Waals surface area contributed by atoms with Gasteiger partial charge in [-0.2, -0.15) is 0 Å². The van der Waals surface area contributed by atoms with Gasteiger partial charge < -0.3 is 5.32 Å². The summed E-state index contributed by atoms with van der Waals surface area (Å²) in [6.45, 7) is 1.67. The van der Waals surface area contributed by atoms with Crippen LogP contribution in [0.1, 0.15) is 5.56 Å². The van der Waals surface area contributed by atoms with Gasteiger partial charge in [-0.3, -0.25) is 9.78 Å². The molecular weight excluding hydrogens is 244 g/mol. The van der Waals surface area contributed by atoms with Crippen molar-refractivity contribution in [3.63, 3.8) is 0 Å². The Balaban J connectivity index is 1.99. The van der Waals surface area contributed by atoms with E-state index >= 15 is 0 Å². The Kier molecular flexibility index (Phi) is 2.93. The zero-order valence-electron chi connectivity index (χ0n) is 7.66. The summed E-state index contributed by atoms with van der Waals surface area (Å²) in [5.74, 6) is 0.526. The molecule has 0 radical (unpaired) electrons. The van der Waals surface area contributed by atoms with Crippen molar-refractivity contribution >= 4 is 21.7 Å². The minimum atomic E-state index is 0.217. The highest BCUT2D eigenvalue weighted by Gasteiger charge is 2.24. The van der Waals surface area contributed by atoms with Crippen LogP contribution in [0.25, 0.3) is 0 Å². The first-order valence-corrected chi connectivity index (χ1v) is 5.38. The maximum Gasteiger partial charge on any atom is 0.142 e. The molecule has 0 bridgehead atoms. The van der Waals surface area contributed by atoms with Crippen LogP contribution >= 0.6 is 15.9 Å². The molecule has 2 rings (SSSR count). The van der Waals surface area contributed by atoms with Crippen LogP contribution in [-0.4, -0.2) is 23.9 Å². The predicted octanol–water partition coefficient (Wildman–Crippen LogP) is 1.18. The van der Waals surface area contributed by atoms with Crippen molar-refractivity contribution in [2.45, 2.75) is 6.42 Å². The van der Waals surface area contributed by atoms with Crippen molar-refractivity contribution in [3.05, 3.63) is 28.5 Å². The normalized spacial score (nSPS) is 16.4.